The smallest absolute Gasteiger partial charge is 0.336 e. The van der Waals surface area contributed by atoms with Crippen LogP contribution in [0.15, 0.2) is 4.52 Å². The lowest BCUT2D eigenvalue weighted by atomic mass is 10.0. The molecule has 2 rings (SSSR count). The second-order valence-electron chi connectivity index (χ2n) is 4.29. The molecule has 9 nitrogen and oxygen atoms in total. The molecule has 106 valence electrons. The van der Waals surface area contributed by atoms with Crippen LogP contribution in [0.2, 0.25) is 0 Å². The van der Waals surface area contributed by atoms with Crippen molar-refractivity contribution in [1.29, 1.82) is 0 Å². The third kappa shape index (κ3) is 3.20. The highest BCUT2D eigenvalue weighted by Crippen LogP contribution is 2.20. The molecule has 1 atom stereocenters. The zero-order chi connectivity index (χ0) is 14.0. The van der Waals surface area contributed by atoms with E-state index in [4.69, 9.17) is 5.11 Å². The van der Waals surface area contributed by atoms with E-state index in [2.05, 4.69) is 19.4 Å². The van der Waals surface area contributed by atoms with Gasteiger partial charge in [0.2, 0.25) is 0 Å². The van der Waals surface area contributed by atoms with Gasteiger partial charge in [-0.2, -0.15) is 17.7 Å². The topological polar surface area (TPSA) is 126 Å². The minimum atomic E-state index is -3.87. The molecule has 1 unspecified atom stereocenters. The first-order chi connectivity index (χ1) is 8.88. The lowest BCUT2D eigenvalue weighted by Crippen LogP contribution is -2.44. The van der Waals surface area contributed by atoms with Crippen molar-refractivity contribution in [2.75, 3.05) is 17.8 Å². The largest absolute Gasteiger partial charge is 0.481 e. The Morgan fingerprint density at radius 3 is 2.89 bits per heavy atom. The monoisotopic (exact) mass is 290 g/mol. The first kappa shape index (κ1) is 13.7. The van der Waals surface area contributed by atoms with Gasteiger partial charge in [0.15, 0.2) is 5.82 Å². The summed E-state index contributed by atoms with van der Waals surface area (Å²) in [5.41, 5.74) is 0. The van der Waals surface area contributed by atoms with Crippen molar-refractivity contribution in [1.82, 2.24) is 14.4 Å². The number of aromatic nitrogens is 2. The molecular formula is C9H14N4O5S. The fourth-order valence-electron chi connectivity index (χ4n) is 1.88. The number of carbonyl (C=O) groups is 1. The third-order valence-electron chi connectivity index (χ3n) is 2.82. The second kappa shape index (κ2) is 5.13. The van der Waals surface area contributed by atoms with Gasteiger partial charge in [-0.15, -0.1) is 0 Å². The molecule has 0 bridgehead atoms. The predicted octanol–water partition coefficient (Wildman–Crippen LogP) is -0.169. The van der Waals surface area contributed by atoms with E-state index in [1.165, 1.54) is 0 Å². The van der Waals surface area contributed by atoms with Gasteiger partial charge in [0, 0.05) is 13.1 Å². The molecule has 1 aliphatic heterocycles. The van der Waals surface area contributed by atoms with Crippen molar-refractivity contribution < 1.29 is 22.8 Å². The summed E-state index contributed by atoms with van der Waals surface area (Å²) in [5, 5.41) is 12.4. The van der Waals surface area contributed by atoms with Crippen LogP contribution in [0, 0.1) is 12.8 Å². The number of aryl methyl sites for hydroxylation is 1. The zero-order valence-corrected chi connectivity index (χ0v) is 11.1. The molecule has 1 aliphatic rings. The summed E-state index contributed by atoms with van der Waals surface area (Å²) < 4.78 is 31.9. The summed E-state index contributed by atoms with van der Waals surface area (Å²) in [7, 11) is -3.87. The minimum Gasteiger partial charge on any atom is -0.481 e. The molecule has 1 saturated heterocycles. The number of nitrogens with zero attached hydrogens (tertiary/aromatic N) is 3. The first-order valence-corrected chi connectivity index (χ1v) is 7.13. The van der Waals surface area contributed by atoms with E-state index in [9.17, 15) is 13.2 Å². The van der Waals surface area contributed by atoms with Gasteiger partial charge in [-0.25, -0.2) is 4.72 Å². The van der Waals surface area contributed by atoms with Crippen LogP contribution in [-0.4, -0.2) is 47.0 Å². The highest BCUT2D eigenvalue weighted by atomic mass is 32.2. The van der Waals surface area contributed by atoms with E-state index in [-0.39, 0.29) is 19.1 Å². The fraction of sp³-hybridized carbons (Fsp3) is 0.667. The van der Waals surface area contributed by atoms with Crippen LogP contribution >= 0.6 is 0 Å². The Morgan fingerprint density at radius 2 is 2.32 bits per heavy atom. The molecule has 0 spiro atoms. The quantitative estimate of drug-likeness (QED) is 0.788. The number of anilines is 1. The number of carboxylic acid groups (broad SMARTS) is 1. The number of nitrogens with one attached hydrogen (secondary N) is 1. The Morgan fingerprint density at radius 1 is 1.58 bits per heavy atom. The van der Waals surface area contributed by atoms with E-state index >= 15 is 0 Å². The Bertz CT molecular complexity index is 569. The van der Waals surface area contributed by atoms with Crippen molar-refractivity contribution in [2.24, 2.45) is 5.92 Å². The van der Waals surface area contributed by atoms with Crippen molar-refractivity contribution in [3.63, 3.8) is 0 Å². The van der Waals surface area contributed by atoms with Crippen molar-refractivity contribution in [3.8, 4) is 0 Å². The maximum atomic E-state index is 12.0. The molecule has 0 amide bonds. The minimum absolute atomic E-state index is 0.0578. The summed E-state index contributed by atoms with van der Waals surface area (Å²) in [6, 6.07) is -0.227. The van der Waals surface area contributed by atoms with Gasteiger partial charge < -0.3 is 9.63 Å². The first-order valence-electron chi connectivity index (χ1n) is 5.69. The maximum Gasteiger partial charge on any atom is 0.336 e. The average molecular weight is 290 g/mol. The van der Waals surface area contributed by atoms with Gasteiger partial charge in [0.1, 0.15) is 0 Å². The van der Waals surface area contributed by atoms with Crippen LogP contribution in [0.1, 0.15) is 18.7 Å². The molecule has 0 aliphatic carbocycles. The predicted molar refractivity (Wildman–Crippen MR) is 63.5 cm³/mol. The molecule has 10 heteroatoms. The van der Waals surface area contributed by atoms with Gasteiger partial charge in [-0.1, -0.05) is 5.16 Å². The highest BCUT2D eigenvalue weighted by Gasteiger charge is 2.33. The lowest BCUT2D eigenvalue weighted by Gasteiger charge is -2.29. The summed E-state index contributed by atoms with van der Waals surface area (Å²) >= 11 is 0. The zero-order valence-electron chi connectivity index (χ0n) is 10.2. The Hall–Kier alpha value is -1.68. The Kier molecular flexibility index (Phi) is 3.71. The summed E-state index contributed by atoms with van der Waals surface area (Å²) in [6.45, 7) is 1.77. The number of rotatable bonds is 4. The van der Waals surface area contributed by atoms with E-state index in [0.717, 1.165) is 4.31 Å². The van der Waals surface area contributed by atoms with Gasteiger partial charge in [-0.05, 0) is 19.8 Å². The lowest BCUT2D eigenvalue weighted by molar-refractivity contribution is -0.142. The van der Waals surface area contributed by atoms with Crippen LogP contribution < -0.4 is 4.72 Å². The molecular weight excluding hydrogens is 276 g/mol. The molecule has 2 heterocycles. The Balaban J connectivity index is 2.08. The number of aliphatic carboxylic acids is 1. The standard InChI is InChI=1S/C9H14N4O5S/c1-6-10-9(18-11-6)12-19(16,17)13-4-2-3-7(5-13)8(14)15/h7H,2-5H2,1H3,(H,14,15)(H,10,11,12). The number of hydrogen-bond donors (Lipinski definition) is 2. The molecule has 0 radical (unpaired) electrons. The van der Waals surface area contributed by atoms with Crippen LogP contribution in [0.5, 0.6) is 0 Å². The summed E-state index contributed by atoms with van der Waals surface area (Å²) in [5.74, 6) is -1.37. The van der Waals surface area contributed by atoms with Gasteiger partial charge in [0.05, 0.1) is 5.92 Å². The molecule has 1 aromatic rings. The normalized spacial score (nSPS) is 21.2. The fourth-order valence-corrected chi connectivity index (χ4v) is 3.05. The van der Waals surface area contributed by atoms with E-state index in [0.29, 0.717) is 18.7 Å². The maximum absolute atomic E-state index is 12.0. The van der Waals surface area contributed by atoms with Crippen LogP contribution in [0.4, 0.5) is 6.01 Å². The number of hydrogen-bond acceptors (Lipinski definition) is 6. The van der Waals surface area contributed by atoms with Crippen molar-refractivity contribution >= 4 is 22.2 Å². The molecule has 2 N–H and O–H groups in total. The van der Waals surface area contributed by atoms with Crippen LogP contribution in [0.25, 0.3) is 0 Å². The number of piperidine rings is 1. The van der Waals surface area contributed by atoms with Crippen LogP contribution in [0.3, 0.4) is 0 Å². The Labute approximate surface area is 109 Å². The van der Waals surface area contributed by atoms with E-state index in [1.807, 2.05) is 0 Å². The SMILES string of the molecule is Cc1noc(NS(=O)(=O)N2CCCC(C(=O)O)C2)n1. The highest BCUT2D eigenvalue weighted by molar-refractivity contribution is 7.90. The van der Waals surface area contributed by atoms with Gasteiger partial charge in [-0.3, -0.25) is 4.79 Å². The third-order valence-corrected chi connectivity index (χ3v) is 4.26. The van der Waals surface area contributed by atoms with Crippen LogP contribution in [-0.2, 0) is 15.0 Å². The second-order valence-corrected chi connectivity index (χ2v) is 5.96. The molecule has 1 fully saturated rings. The van der Waals surface area contributed by atoms with Crippen molar-refractivity contribution in [3.05, 3.63) is 5.82 Å². The van der Waals surface area contributed by atoms with E-state index in [1.54, 1.807) is 6.92 Å². The van der Waals surface area contributed by atoms with Gasteiger partial charge in [0.25, 0.3) is 0 Å². The van der Waals surface area contributed by atoms with Gasteiger partial charge >= 0.3 is 22.2 Å². The molecule has 19 heavy (non-hydrogen) atoms. The number of carboxylic acids is 1. The molecule has 0 aromatic carbocycles. The summed E-state index contributed by atoms with van der Waals surface area (Å²) in [4.78, 5) is 14.6. The summed E-state index contributed by atoms with van der Waals surface area (Å²) in [6.07, 6.45) is 0.974. The molecule has 1 aromatic heterocycles. The van der Waals surface area contributed by atoms with E-state index < -0.39 is 22.1 Å². The molecule has 0 saturated carbocycles. The average Bonchev–Trinajstić information content (AvgIpc) is 2.74. The van der Waals surface area contributed by atoms with Crippen molar-refractivity contribution in [2.45, 2.75) is 19.8 Å².